The number of rotatable bonds is 5. The van der Waals surface area contributed by atoms with Gasteiger partial charge in [-0.05, 0) is 30.3 Å². The molecule has 3 aromatic rings. The van der Waals surface area contributed by atoms with Crippen LogP contribution < -0.4 is 5.32 Å². The first kappa shape index (κ1) is 17.3. The van der Waals surface area contributed by atoms with Crippen molar-refractivity contribution >= 4 is 34.9 Å². The monoisotopic (exact) mass is 373 g/mol. The van der Waals surface area contributed by atoms with Crippen LogP contribution in [0.15, 0.2) is 65.1 Å². The van der Waals surface area contributed by atoms with E-state index >= 15 is 0 Å². The lowest BCUT2D eigenvalue weighted by Crippen LogP contribution is -2.29. The van der Waals surface area contributed by atoms with Crippen LogP contribution in [0.2, 0.25) is 10.0 Å². The molecule has 0 spiro atoms. The van der Waals surface area contributed by atoms with Crippen molar-refractivity contribution in [1.82, 2.24) is 5.32 Å². The summed E-state index contributed by atoms with van der Waals surface area (Å²) in [6.07, 6.45) is 0. The fourth-order valence-electron chi connectivity index (χ4n) is 2.27. The summed E-state index contributed by atoms with van der Waals surface area (Å²) in [5, 5.41) is 3.49. The van der Waals surface area contributed by atoms with Gasteiger partial charge in [0.15, 0.2) is 11.5 Å². The first-order chi connectivity index (χ1) is 12.0. The van der Waals surface area contributed by atoms with Crippen LogP contribution in [-0.2, 0) is 0 Å². The molecule has 2 aromatic carbocycles. The topological polar surface area (TPSA) is 59.3 Å². The summed E-state index contributed by atoms with van der Waals surface area (Å²) in [6.45, 7) is -0.111. The number of halogens is 2. The van der Waals surface area contributed by atoms with Crippen molar-refractivity contribution in [2.75, 3.05) is 6.54 Å². The maximum absolute atomic E-state index is 12.2. The van der Waals surface area contributed by atoms with E-state index in [2.05, 4.69) is 5.32 Å². The Morgan fingerprint density at radius 3 is 2.44 bits per heavy atom. The largest absolute Gasteiger partial charge is 0.451 e. The van der Waals surface area contributed by atoms with Crippen LogP contribution >= 0.6 is 23.2 Å². The van der Waals surface area contributed by atoms with Gasteiger partial charge in [0, 0.05) is 16.1 Å². The van der Waals surface area contributed by atoms with E-state index < -0.39 is 5.91 Å². The molecule has 0 atom stereocenters. The molecule has 0 aliphatic carbocycles. The summed E-state index contributed by atoms with van der Waals surface area (Å²) < 4.78 is 5.54. The zero-order chi connectivity index (χ0) is 17.8. The number of hydrogen-bond acceptors (Lipinski definition) is 3. The number of hydrogen-bond donors (Lipinski definition) is 1. The summed E-state index contributed by atoms with van der Waals surface area (Å²) in [5.74, 6) is -0.106. The molecule has 3 rings (SSSR count). The molecule has 1 aromatic heterocycles. The number of Topliss-reactive ketones (excluding diaryl/α,β-unsaturated/α-hetero) is 1. The standard InChI is InChI=1S/C19H13Cl2NO3/c20-13-6-7-14(15(21)10-13)17-8-9-18(25-17)19(24)22-11-16(23)12-4-2-1-3-5-12/h1-10H,11H2,(H,22,24). The molecule has 126 valence electrons. The van der Waals surface area contributed by atoms with E-state index in [-0.39, 0.29) is 18.1 Å². The Morgan fingerprint density at radius 1 is 0.960 bits per heavy atom. The molecule has 4 nitrogen and oxygen atoms in total. The number of benzene rings is 2. The number of nitrogens with one attached hydrogen (secondary N) is 1. The Kier molecular flexibility index (Phi) is 5.22. The summed E-state index contributed by atoms with van der Waals surface area (Å²) in [7, 11) is 0. The highest BCUT2D eigenvalue weighted by Crippen LogP contribution is 2.31. The minimum absolute atomic E-state index is 0.0990. The zero-order valence-corrected chi connectivity index (χ0v) is 14.5. The second-order valence-corrected chi connectivity index (χ2v) is 6.10. The van der Waals surface area contributed by atoms with E-state index in [9.17, 15) is 9.59 Å². The van der Waals surface area contributed by atoms with Crippen LogP contribution in [0.5, 0.6) is 0 Å². The SMILES string of the molecule is O=C(CNC(=O)c1ccc(-c2ccc(Cl)cc2Cl)o1)c1ccccc1. The van der Waals surface area contributed by atoms with Crippen LogP contribution in [0.4, 0.5) is 0 Å². The summed E-state index contributed by atoms with van der Waals surface area (Å²) in [5.41, 5.74) is 1.17. The third-order valence-electron chi connectivity index (χ3n) is 3.53. The van der Waals surface area contributed by atoms with E-state index in [1.807, 2.05) is 6.07 Å². The van der Waals surface area contributed by atoms with Gasteiger partial charge in [0.2, 0.25) is 0 Å². The van der Waals surface area contributed by atoms with Crippen LogP contribution in [0, 0.1) is 0 Å². The van der Waals surface area contributed by atoms with E-state index in [0.717, 1.165) is 0 Å². The molecule has 1 heterocycles. The smallest absolute Gasteiger partial charge is 0.287 e. The van der Waals surface area contributed by atoms with Crippen LogP contribution in [0.3, 0.4) is 0 Å². The molecule has 0 radical (unpaired) electrons. The molecule has 6 heteroatoms. The molecule has 25 heavy (non-hydrogen) atoms. The minimum atomic E-state index is -0.472. The number of furan rings is 1. The van der Waals surface area contributed by atoms with Crippen molar-refractivity contribution in [2.45, 2.75) is 0 Å². The van der Waals surface area contributed by atoms with Gasteiger partial charge in [-0.2, -0.15) is 0 Å². The van der Waals surface area contributed by atoms with Crippen molar-refractivity contribution in [3.05, 3.63) is 82.0 Å². The van der Waals surface area contributed by atoms with Gasteiger partial charge in [0.05, 0.1) is 11.6 Å². The van der Waals surface area contributed by atoms with Crippen molar-refractivity contribution in [1.29, 1.82) is 0 Å². The first-order valence-corrected chi connectivity index (χ1v) is 8.22. The average Bonchev–Trinajstić information content (AvgIpc) is 3.10. The van der Waals surface area contributed by atoms with Gasteiger partial charge in [0.1, 0.15) is 5.76 Å². The van der Waals surface area contributed by atoms with E-state index in [4.69, 9.17) is 27.6 Å². The fourth-order valence-corrected chi connectivity index (χ4v) is 2.77. The molecule has 0 saturated heterocycles. The molecule has 0 fully saturated rings. The molecule has 0 bridgehead atoms. The lowest BCUT2D eigenvalue weighted by molar-refractivity contribution is 0.0886. The van der Waals surface area contributed by atoms with Crippen LogP contribution in [0.25, 0.3) is 11.3 Å². The second kappa shape index (κ2) is 7.55. The van der Waals surface area contributed by atoms with Crippen molar-refractivity contribution in [2.24, 2.45) is 0 Å². The maximum atomic E-state index is 12.2. The highest BCUT2D eigenvalue weighted by atomic mass is 35.5. The van der Waals surface area contributed by atoms with Gasteiger partial charge in [-0.1, -0.05) is 53.5 Å². The summed E-state index contributed by atoms with van der Waals surface area (Å²) in [6, 6.07) is 16.9. The van der Waals surface area contributed by atoms with E-state index in [0.29, 0.717) is 26.9 Å². The molecular weight excluding hydrogens is 361 g/mol. The van der Waals surface area contributed by atoms with E-state index in [1.54, 1.807) is 48.5 Å². The zero-order valence-electron chi connectivity index (χ0n) is 13.0. The van der Waals surface area contributed by atoms with Gasteiger partial charge < -0.3 is 9.73 Å². The highest BCUT2D eigenvalue weighted by molar-refractivity contribution is 6.36. The average molecular weight is 374 g/mol. The predicted molar refractivity (Wildman–Crippen MR) is 97.3 cm³/mol. The van der Waals surface area contributed by atoms with Crippen LogP contribution in [-0.4, -0.2) is 18.2 Å². The van der Waals surface area contributed by atoms with Gasteiger partial charge >= 0.3 is 0 Å². The molecule has 0 unspecified atom stereocenters. The molecular formula is C19H13Cl2NO3. The predicted octanol–water partition coefficient (Wildman–Crippen LogP) is 4.87. The molecule has 0 aliphatic heterocycles. The van der Waals surface area contributed by atoms with Crippen molar-refractivity contribution in [3.8, 4) is 11.3 Å². The minimum Gasteiger partial charge on any atom is -0.451 e. The number of carbonyl (C=O) groups is 2. The van der Waals surface area contributed by atoms with Gasteiger partial charge in [-0.25, -0.2) is 0 Å². The lowest BCUT2D eigenvalue weighted by atomic mass is 10.1. The fraction of sp³-hybridized carbons (Fsp3) is 0.0526. The van der Waals surface area contributed by atoms with E-state index in [1.165, 1.54) is 6.07 Å². The number of carbonyl (C=O) groups excluding carboxylic acids is 2. The molecule has 0 aliphatic rings. The third-order valence-corrected chi connectivity index (χ3v) is 4.08. The Balaban J connectivity index is 1.68. The Bertz CT molecular complexity index is 919. The lowest BCUT2D eigenvalue weighted by Gasteiger charge is -2.03. The normalized spacial score (nSPS) is 10.5. The van der Waals surface area contributed by atoms with Gasteiger partial charge in [-0.15, -0.1) is 0 Å². The second-order valence-electron chi connectivity index (χ2n) is 5.26. The maximum Gasteiger partial charge on any atom is 0.287 e. The Labute approximate surface area is 154 Å². The number of ketones is 1. The summed E-state index contributed by atoms with van der Waals surface area (Å²) in [4.78, 5) is 24.2. The highest BCUT2D eigenvalue weighted by Gasteiger charge is 2.15. The number of amides is 1. The van der Waals surface area contributed by atoms with Crippen molar-refractivity contribution < 1.29 is 14.0 Å². The van der Waals surface area contributed by atoms with Gasteiger partial charge in [0.25, 0.3) is 5.91 Å². The Morgan fingerprint density at radius 2 is 1.72 bits per heavy atom. The van der Waals surface area contributed by atoms with Crippen LogP contribution in [0.1, 0.15) is 20.9 Å². The summed E-state index contributed by atoms with van der Waals surface area (Å²) >= 11 is 12.0. The molecule has 1 N–H and O–H groups in total. The molecule has 1 amide bonds. The first-order valence-electron chi connectivity index (χ1n) is 7.46. The quantitative estimate of drug-likeness (QED) is 0.649. The third kappa shape index (κ3) is 4.10. The van der Waals surface area contributed by atoms with Gasteiger partial charge in [-0.3, -0.25) is 9.59 Å². The van der Waals surface area contributed by atoms with Crippen molar-refractivity contribution in [3.63, 3.8) is 0 Å². The molecule has 0 saturated carbocycles. The Hall–Kier alpha value is -2.56.